The van der Waals surface area contributed by atoms with E-state index in [1.54, 1.807) is 37.0 Å². The summed E-state index contributed by atoms with van der Waals surface area (Å²) in [6.07, 6.45) is 1.82. The van der Waals surface area contributed by atoms with Crippen LogP contribution in [0, 0.1) is 6.92 Å². The minimum absolute atomic E-state index is 0.0554. The van der Waals surface area contributed by atoms with Crippen LogP contribution < -0.4 is 5.73 Å². The van der Waals surface area contributed by atoms with Crippen LogP contribution in [0.3, 0.4) is 0 Å². The Bertz CT molecular complexity index is 586. The number of rotatable bonds is 2. The van der Waals surface area contributed by atoms with E-state index < -0.39 is 0 Å². The van der Waals surface area contributed by atoms with Crippen LogP contribution >= 0.6 is 0 Å². The van der Waals surface area contributed by atoms with E-state index in [2.05, 4.69) is 5.10 Å². The summed E-state index contributed by atoms with van der Waals surface area (Å²) < 4.78 is 1.68. The van der Waals surface area contributed by atoms with Crippen molar-refractivity contribution in [2.24, 2.45) is 0 Å². The van der Waals surface area contributed by atoms with E-state index in [1.165, 1.54) is 4.90 Å². The van der Waals surface area contributed by atoms with Crippen LogP contribution in [0.25, 0.3) is 5.69 Å². The number of nitrogen functional groups attached to an aromatic ring is 1. The highest BCUT2D eigenvalue weighted by Gasteiger charge is 2.11. The predicted molar refractivity (Wildman–Crippen MR) is 70.7 cm³/mol. The van der Waals surface area contributed by atoms with Crippen molar-refractivity contribution in [3.8, 4) is 5.69 Å². The molecular formula is C13H16N4O. The summed E-state index contributed by atoms with van der Waals surface area (Å²) in [6.45, 7) is 1.90. The lowest BCUT2D eigenvalue weighted by Gasteiger charge is -2.12. The highest BCUT2D eigenvalue weighted by atomic mass is 16.2. The van der Waals surface area contributed by atoms with Crippen LogP contribution in [0.4, 0.5) is 5.69 Å². The molecule has 2 N–H and O–H groups in total. The molecule has 0 aliphatic carbocycles. The third kappa shape index (κ3) is 2.20. The van der Waals surface area contributed by atoms with Gasteiger partial charge in [0.15, 0.2) is 0 Å². The van der Waals surface area contributed by atoms with Gasteiger partial charge in [0.05, 0.1) is 17.1 Å². The molecule has 0 unspecified atom stereocenters. The zero-order valence-corrected chi connectivity index (χ0v) is 10.7. The molecule has 0 spiro atoms. The molecule has 0 saturated carbocycles. The second kappa shape index (κ2) is 4.52. The first-order valence-corrected chi connectivity index (χ1v) is 5.63. The van der Waals surface area contributed by atoms with E-state index >= 15 is 0 Å². The average Bonchev–Trinajstić information content (AvgIpc) is 2.75. The number of nitrogens with two attached hydrogens (primary N) is 1. The van der Waals surface area contributed by atoms with E-state index in [4.69, 9.17) is 5.73 Å². The fourth-order valence-corrected chi connectivity index (χ4v) is 1.68. The van der Waals surface area contributed by atoms with Crippen molar-refractivity contribution < 1.29 is 4.79 Å². The molecule has 0 radical (unpaired) electrons. The highest BCUT2D eigenvalue weighted by molar-refractivity contribution is 5.95. The van der Waals surface area contributed by atoms with Crippen LogP contribution in [-0.2, 0) is 0 Å². The van der Waals surface area contributed by atoms with Gasteiger partial charge < -0.3 is 10.6 Å². The highest BCUT2D eigenvalue weighted by Crippen LogP contribution is 2.19. The van der Waals surface area contributed by atoms with Crippen molar-refractivity contribution in [2.45, 2.75) is 6.92 Å². The minimum Gasteiger partial charge on any atom is -0.397 e. The van der Waals surface area contributed by atoms with Gasteiger partial charge in [-0.3, -0.25) is 4.79 Å². The van der Waals surface area contributed by atoms with Gasteiger partial charge in [0.2, 0.25) is 0 Å². The van der Waals surface area contributed by atoms with Crippen molar-refractivity contribution in [3.63, 3.8) is 0 Å². The van der Waals surface area contributed by atoms with Crippen molar-refractivity contribution in [2.75, 3.05) is 19.8 Å². The molecule has 5 nitrogen and oxygen atoms in total. The molecule has 2 aromatic rings. The number of carbonyl (C=O) groups excluding carboxylic acids is 1. The number of carbonyl (C=O) groups is 1. The van der Waals surface area contributed by atoms with Crippen molar-refractivity contribution in [3.05, 3.63) is 41.7 Å². The maximum atomic E-state index is 11.9. The molecule has 94 valence electrons. The molecule has 0 aliphatic heterocycles. The van der Waals surface area contributed by atoms with Gasteiger partial charge in [-0.15, -0.1) is 0 Å². The smallest absolute Gasteiger partial charge is 0.253 e. The number of hydrogen-bond acceptors (Lipinski definition) is 3. The monoisotopic (exact) mass is 244 g/mol. The lowest BCUT2D eigenvalue weighted by molar-refractivity contribution is 0.0827. The molecule has 1 aromatic heterocycles. The Labute approximate surface area is 106 Å². The third-order valence-corrected chi connectivity index (χ3v) is 2.65. The molecule has 0 fully saturated rings. The fourth-order valence-electron chi connectivity index (χ4n) is 1.68. The molecule has 18 heavy (non-hydrogen) atoms. The molecule has 0 atom stereocenters. The zero-order chi connectivity index (χ0) is 13.3. The summed E-state index contributed by atoms with van der Waals surface area (Å²) in [7, 11) is 3.44. The Hall–Kier alpha value is -2.30. The molecule has 0 saturated heterocycles. The number of amides is 1. The standard InChI is InChI=1S/C13H16N4O/c1-9-6-7-17(15-9)12-8-10(4-5-11(12)14)13(18)16(2)3/h4-8H,14H2,1-3H3. The predicted octanol–water partition coefficient (Wildman–Crippen LogP) is 1.46. The van der Waals surface area contributed by atoms with Gasteiger partial charge in [-0.25, -0.2) is 4.68 Å². The molecule has 1 heterocycles. The number of benzene rings is 1. The maximum Gasteiger partial charge on any atom is 0.253 e. The largest absolute Gasteiger partial charge is 0.397 e. The maximum absolute atomic E-state index is 11.9. The molecule has 0 aliphatic rings. The van der Waals surface area contributed by atoms with Crippen LogP contribution in [-0.4, -0.2) is 34.7 Å². The Balaban J connectivity index is 2.48. The quantitative estimate of drug-likeness (QED) is 0.813. The summed E-state index contributed by atoms with van der Waals surface area (Å²) in [5.41, 5.74) is 8.73. The van der Waals surface area contributed by atoms with Gasteiger partial charge in [-0.05, 0) is 31.2 Å². The average molecular weight is 244 g/mol. The van der Waals surface area contributed by atoms with Crippen LogP contribution in [0.1, 0.15) is 16.1 Å². The van der Waals surface area contributed by atoms with Crippen molar-refractivity contribution in [1.82, 2.24) is 14.7 Å². The topological polar surface area (TPSA) is 64.2 Å². The Kier molecular flexibility index (Phi) is 3.06. The lowest BCUT2D eigenvalue weighted by atomic mass is 10.1. The lowest BCUT2D eigenvalue weighted by Crippen LogP contribution is -2.22. The number of aryl methyl sites for hydroxylation is 1. The summed E-state index contributed by atoms with van der Waals surface area (Å²) in [6, 6.07) is 7.09. The van der Waals surface area contributed by atoms with E-state index in [9.17, 15) is 4.79 Å². The van der Waals surface area contributed by atoms with E-state index in [-0.39, 0.29) is 5.91 Å². The fraction of sp³-hybridized carbons (Fsp3) is 0.231. The summed E-state index contributed by atoms with van der Waals surface area (Å²) in [5.74, 6) is -0.0554. The molecule has 0 bridgehead atoms. The van der Waals surface area contributed by atoms with Gasteiger partial charge >= 0.3 is 0 Å². The third-order valence-electron chi connectivity index (χ3n) is 2.65. The van der Waals surface area contributed by atoms with Gasteiger partial charge in [0.25, 0.3) is 5.91 Å². The normalized spacial score (nSPS) is 10.4. The molecule has 5 heteroatoms. The van der Waals surface area contributed by atoms with Crippen LogP contribution in [0.5, 0.6) is 0 Å². The SMILES string of the molecule is Cc1ccn(-c2cc(C(=O)N(C)C)ccc2N)n1. The van der Waals surface area contributed by atoms with Gasteiger partial charge in [0, 0.05) is 25.9 Å². The van der Waals surface area contributed by atoms with Crippen LogP contribution in [0.2, 0.25) is 0 Å². The Morgan fingerprint density at radius 2 is 2.06 bits per heavy atom. The van der Waals surface area contributed by atoms with Gasteiger partial charge in [-0.2, -0.15) is 5.10 Å². The molecule has 1 amide bonds. The van der Waals surface area contributed by atoms with E-state index in [0.717, 1.165) is 11.4 Å². The molecular weight excluding hydrogens is 228 g/mol. The first-order valence-electron chi connectivity index (χ1n) is 5.63. The first kappa shape index (κ1) is 12.2. The van der Waals surface area contributed by atoms with Crippen LogP contribution in [0.15, 0.2) is 30.5 Å². The van der Waals surface area contributed by atoms with E-state index in [0.29, 0.717) is 11.3 Å². The Morgan fingerprint density at radius 1 is 1.33 bits per heavy atom. The Morgan fingerprint density at radius 3 is 2.61 bits per heavy atom. The zero-order valence-electron chi connectivity index (χ0n) is 10.7. The molecule has 1 aromatic carbocycles. The summed E-state index contributed by atoms with van der Waals surface area (Å²) in [4.78, 5) is 13.4. The second-order valence-corrected chi connectivity index (χ2v) is 4.37. The van der Waals surface area contributed by atoms with Crippen molar-refractivity contribution in [1.29, 1.82) is 0 Å². The number of nitrogens with zero attached hydrogens (tertiary/aromatic N) is 3. The number of anilines is 1. The minimum atomic E-state index is -0.0554. The first-order chi connectivity index (χ1) is 8.49. The number of hydrogen-bond donors (Lipinski definition) is 1. The second-order valence-electron chi connectivity index (χ2n) is 4.37. The van der Waals surface area contributed by atoms with Crippen molar-refractivity contribution >= 4 is 11.6 Å². The van der Waals surface area contributed by atoms with E-state index in [1.807, 2.05) is 19.2 Å². The number of aromatic nitrogens is 2. The van der Waals surface area contributed by atoms with Gasteiger partial charge in [-0.1, -0.05) is 0 Å². The summed E-state index contributed by atoms with van der Waals surface area (Å²) >= 11 is 0. The van der Waals surface area contributed by atoms with Gasteiger partial charge in [0.1, 0.15) is 0 Å². The summed E-state index contributed by atoms with van der Waals surface area (Å²) in [5, 5.41) is 4.30. The molecule has 2 rings (SSSR count).